The summed E-state index contributed by atoms with van der Waals surface area (Å²) in [5.41, 5.74) is 7.94. The summed E-state index contributed by atoms with van der Waals surface area (Å²) in [4.78, 5) is 44.2. The number of aromatic nitrogens is 6. The van der Waals surface area contributed by atoms with E-state index in [1.54, 1.807) is 12.4 Å². The number of imidazole rings is 1. The van der Waals surface area contributed by atoms with E-state index in [9.17, 15) is 9.59 Å². The fraction of sp³-hybridized carbons (Fsp3) is 0.333. The van der Waals surface area contributed by atoms with Crippen LogP contribution in [0, 0.1) is 0 Å². The second kappa shape index (κ2) is 11.4. The fourth-order valence-corrected chi connectivity index (χ4v) is 8.36. The molecule has 2 aliphatic carbocycles. The van der Waals surface area contributed by atoms with Crippen molar-refractivity contribution in [2.75, 3.05) is 5.32 Å². The molecule has 2 aliphatic rings. The zero-order valence-electron chi connectivity index (χ0n) is 26.7. The third-order valence-corrected chi connectivity index (χ3v) is 10.8. The maximum absolute atomic E-state index is 14.0. The Morgan fingerprint density at radius 1 is 0.936 bits per heavy atom. The molecule has 238 valence electrons. The molecular weight excluding hydrogens is 609 g/mol. The van der Waals surface area contributed by atoms with Gasteiger partial charge < -0.3 is 19.8 Å². The topological polar surface area (TPSA) is 120 Å². The van der Waals surface area contributed by atoms with E-state index in [0.717, 1.165) is 64.3 Å². The van der Waals surface area contributed by atoms with Gasteiger partial charge in [0.15, 0.2) is 5.13 Å². The quantitative estimate of drug-likeness (QED) is 0.192. The number of benzene rings is 2. The van der Waals surface area contributed by atoms with Crippen LogP contribution in [0.4, 0.5) is 5.13 Å². The van der Waals surface area contributed by atoms with Gasteiger partial charge >= 0.3 is 0 Å². The molecule has 2 fully saturated rings. The van der Waals surface area contributed by atoms with Crippen molar-refractivity contribution in [3.8, 4) is 22.6 Å². The maximum atomic E-state index is 14.0. The van der Waals surface area contributed by atoms with E-state index in [4.69, 9.17) is 4.98 Å². The number of thiazole rings is 1. The lowest BCUT2D eigenvalue weighted by Gasteiger charge is -2.41. The summed E-state index contributed by atoms with van der Waals surface area (Å²) in [7, 11) is 4.09. The summed E-state index contributed by atoms with van der Waals surface area (Å²) in [6.45, 7) is 1.47. The number of nitrogens with zero attached hydrogens (tertiary/aromatic N) is 6. The van der Waals surface area contributed by atoms with Crippen molar-refractivity contribution in [1.29, 1.82) is 0 Å². The van der Waals surface area contributed by atoms with Crippen LogP contribution >= 0.6 is 11.3 Å². The van der Waals surface area contributed by atoms with Crippen molar-refractivity contribution in [2.45, 2.75) is 63.3 Å². The highest BCUT2D eigenvalue weighted by atomic mass is 32.1. The number of nitrogens with one attached hydrogen (secondary N) is 2. The van der Waals surface area contributed by atoms with Gasteiger partial charge in [-0.25, -0.2) is 9.97 Å². The lowest BCUT2D eigenvalue weighted by molar-refractivity contribution is -0.114. The largest absolute Gasteiger partial charge is 0.342 e. The molecule has 10 nitrogen and oxygen atoms in total. The molecule has 2 saturated carbocycles. The van der Waals surface area contributed by atoms with Gasteiger partial charge in [0.1, 0.15) is 11.5 Å². The van der Waals surface area contributed by atoms with Crippen LogP contribution in [0.1, 0.15) is 79.5 Å². The number of carbonyl (C=O) groups excluding carboxylic acids is 2. The van der Waals surface area contributed by atoms with Gasteiger partial charge in [-0.2, -0.15) is 0 Å². The minimum atomic E-state index is -0.548. The molecule has 4 aromatic heterocycles. The van der Waals surface area contributed by atoms with Crippen molar-refractivity contribution in [3.05, 3.63) is 77.3 Å². The Balaban J connectivity index is 1.12. The SMILES string of the molecule is CC(=O)Nc1nc(-c2ccc3c(c2)nc(C2(NC(=O)c4ccc5c(C6CCCC6)c(-c6cnccn6)n(C)c5c4)CCC2)n3C)cs1. The Labute approximate surface area is 276 Å². The fourth-order valence-electron chi connectivity index (χ4n) is 7.59. The molecule has 2 N–H and O–H groups in total. The molecule has 6 aromatic rings. The van der Waals surface area contributed by atoms with Gasteiger partial charge in [-0.1, -0.05) is 25.0 Å². The Hall–Kier alpha value is -4.90. The molecule has 0 aliphatic heterocycles. The minimum absolute atomic E-state index is 0.100. The zero-order chi connectivity index (χ0) is 32.3. The van der Waals surface area contributed by atoms with E-state index in [1.807, 2.05) is 49.0 Å². The van der Waals surface area contributed by atoms with E-state index in [-0.39, 0.29) is 11.8 Å². The monoisotopic (exact) mass is 644 g/mol. The van der Waals surface area contributed by atoms with Gasteiger partial charge in [-0.15, -0.1) is 11.3 Å². The first-order valence-corrected chi connectivity index (χ1v) is 17.1. The standard InChI is InChI=1S/C36H36N8O2S/c1-21(45)39-35-41-28(20-47-35)23-10-12-29-26(17-23)40-34(44(29)3)36(13-6-14-36)42-33(46)24-9-11-25-30(18-24)43(2)32(27-19-37-15-16-38-27)31(25)22-7-4-5-8-22/h9-12,15-20,22H,4-8,13-14H2,1-3H3,(H,42,46)(H,39,41,45). The van der Waals surface area contributed by atoms with Crippen LogP contribution < -0.4 is 10.6 Å². The van der Waals surface area contributed by atoms with Crippen molar-refractivity contribution in [3.63, 3.8) is 0 Å². The number of hydrogen-bond acceptors (Lipinski definition) is 7. The summed E-state index contributed by atoms with van der Waals surface area (Å²) in [5, 5.41) is 9.86. The molecule has 2 amide bonds. The van der Waals surface area contributed by atoms with Gasteiger partial charge in [0.25, 0.3) is 5.91 Å². The molecule has 0 radical (unpaired) electrons. The first-order chi connectivity index (χ1) is 22.8. The number of anilines is 1. The Morgan fingerprint density at radius 3 is 2.49 bits per heavy atom. The lowest BCUT2D eigenvalue weighted by atomic mass is 9.75. The maximum Gasteiger partial charge on any atom is 0.252 e. The number of fused-ring (bicyclic) bond motifs is 2. The van der Waals surface area contributed by atoms with Crippen molar-refractivity contribution < 1.29 is 9.59 Å². The summed E-state index contributed by atoms with van der Waals surface area (Å²) in [6.07, 6.45) is 12.7. The highest BCUT2D eigenvalue weighted by Gasteiger charge is 2.44. The van der Waals surface area contributed by atoms with Gasteiger partial charge in [0, 0.05) is 60.8 Å². The van der Waals surface area contributed by atoms with Crippen LogP contribution in [-0.4, -0.2) is 40.9 Å². The molecule has 0 spiro atoms. The molecule has 11 heteroatoms. The summed E-state index contributed by atoms with van der Waals surface area (Å²) in [5.74, 6) is 1.08. The number of carbonyl (C=O) groups is 2. The molecular formula is C36H36N8O2S. The highest BCUT2D eigenvalue weighted by molar-refractivity contribution is 7.14. The molecule has 0 saturated heterocycles. The van der Waals surface area contributed by atoms with E-state index in [0.29, 0.717) is 16.6 Å². The first kappa shape index (κ1) is 29.5. The average Bonchev–Trinajstić information content (AvgIpc) is 3.86. The minimum Gasteiger partial charge on any atom is -0.342 e. The van der Waals surface area contributed by atoms with Crippen LogP contribution in [-0.2, 0) is 24.4 Å². The van der Waals surface area contributed by atoms with Gasteiger partial charge in [-0.05, 0) is 67.9 Å². The zero-order valence-corrected chi connectivity index (χ0v) is 27.5. The number of amides is 2. The second-order valence-corrected chi connectivity index (χ2v) is 13.8. The molecule has 47 heavy (non-hydrogen) atoms. The number of aryl methyl sites for hydroxylation is 2. The lowest BCUT2D eigenvalue weighted by Crippen LogP contribution is -2.52. The smallest absolute Gasteiger partial charge is 0.252 e. The first-order valence-electron chi connectivity index (χ1n) is 16.2. The van der Waals surface area contributed by atoms with Crippen LogP contribution in [0.15, 0.2) is 60.4 Å². The number of hydrogen-bond donors (Lipinski definition) is 2. The summed E-state index contributed by atoms with van der Waals surface area (Å²) >= 11 is 1.39. The van der Waals surface area contributed by atoms with E-state index in [2.05, 4.69) is 47.8 Å². The van der Waals surface area contributed by atoms with Gasteiger partial charge in [0.2, 0.25) is 5.91 Å². The molecule has 8 rings (SSSR count). The van der Waals surface area contributed by atoms with Crippen molar-refractivity contribution in [2.24, 2.45) is 14.1 Å². The molecule has 0 bridgehead atoms. The Bertz CT molecular complexity index is 2170. The normalized spacial score (nSPS) is 16.1. The Morgan fingerprint density at radius 2 is 1.77 bits per heavy atom. The second-order valence-electron chi connectivity index (χ2n) is 12.9. The van der Waals surface area contributed by atoms with Crippen LogP contribution in [0.25, 0.3) is 44.6 Å². The van der Waals surface area contributed by atoms with Crippen molar-refractivity contribution >= 4 is 50.2 Å². The predicted octanol–water partition coefficient (Wildman–Crippen LogP) is 7.07. The average molecular weight is 645 g/mol. The summed E-state index contributed by atoms with van der Waals surface area (Å²) in [6, 6.07) is 12.2. The van der Waals surface area contributed by atoms with Gasteiger partial charge in [0.05, 0.1) is 34.2 Å². The molecule has 4 heterocycles. The van der Waals surface area contributed by atoms with Gasteiger partial charge in [-0.3, -0.25) is 19.6 Å². The summed E-state index contributed by atoms with van der Waals surface area (Å²) < 4.78 is 4.29. The third kappa shape index (κ3) is 5.00. The predicted molar refractivity (Wildman–Crippen MR) is 184 cm³/mol. The van der Waals surface area contributed by atoms with Crippen LogP contribution in [0.2, 0.25) is 0 Å². The third-order valence-electron chi connectivity index (χ3n) is 10.0. The van der Waals surface area contributed by atoms with Crippen molar-refractivity contribution in [1.82, 2.24) is 34.4 Å². The Kier molecular flexibility index (Phi) is 7.16. The van der Waals surface area contributed by atoms with E-state index >= 15 is 0 Å². The van der Waals surface area contributed by atoms with E-state index < -0.39 is 5.54 Å². The van der Waals surface area contributed by atoms with E-state index in [1.165, 1.54) is 54.9 Å². The molecule has 0 unspecified atom stereocenters. The molecule has 0 atom stereocenters. The van der Waals surface area contributed by atoms with Crippen LogP contribution in [0.3, 0.4) is 0 Å². The highest BCUT2D eigenvalue weighted by Crippen LogP contribution is 2.45. The number of rotatable bonds is 7. The van der Waals surface area contributed by atoms with Crippen LogP contribution in [0.5, 0.6) is 0 Å². The molecule has 2 aromatic carbocycles.